The molecule has 2 aliphatic rings. The van der Waals surface area contributed by atoms with Crippen LogP contribution in [0, 0.1) is 17.2 Å². The molecule has 0 radical (unpaired) electrons. The lowest BCUT2D eigenvalue weighted by Crippen LogP contribution is -2.41. The molecule has 0 spiro atoms. The summed E-state index contributed by atoms with van der Waals surface area (Å²) in [7, 11) is 0. The minimum Gasteiger partial charge on any atom is -0.441 e. The summed E-state index contributed by atoms with van der Waals surface area (Å²) in [5.74, 6) is 1.40. The molecule has 1 aliphatic heterocycles. The normalized spacial score (nSPS) is 24.6. The van der Waals surface area contributed by atoms with Crippen molar-refractivity contribution in [2.75, 3.05) is 31.2 Å². The molecule has 6 nitrogen and oxygen atoms in total. The standard InChI is InChI=1S/C19H25N3O3/c1-14-4-2-3-5-17(14)21-19(23)15(13-20)12-16-6-7-18(25-16)22-8-10-24-11-9-22/h6-7,12,14,17H,2-5,8-11H2,1H3,(H,21,23)/b15-12+/t14-,17-/m0/s1. The number of amides is 1. The lowest BCUT2D eigenvalue weighted by Gasteiger charge is -2.29. The van der Waals surface area contributed by atoms with Gasteiger partial charge in [0.15, 0.2) is 5.88 Å². The molecule has 25 heavy (non-hydrogen) atoms. The first-order valence-corrected chi connectivity index (χ1v) is 9.02. The number of rotatable bonds is 4. The van der Waals surface area contributed by atoms with Crippen LogP contribution in [0.4, 0.5) is 5.88 Å². The van der Waals surface area contributed by atoms with Crippen molar-refractivity contribution in [3.63, 3.8) is 0 Å². The minimum absolute atomic E-state index is 0.0839. The summed E-state index contributed by atoms with van der Waals surface area (Å²) >= 11 is 0. The summed E-state index contributed by atoms with van der Waals surface area (Å²) in [6.07, 6.45) is 5.96. The fraction of sp³-hybridized carbons (Fsp3) is 0.579. The Bertz CT molecular complexity index is 668. The van der Waals surface area contributed by atoms with Crippen LogP contribution in [-0.2, 0) is 9.53 Å². The summed E-state index contributed by atoms with van der Waals surface area (Å²) in [5.41, 5.74) is 0.0839. The predicted octanol–water partition coefficient (Wildman–Crippen LogP) is 2.72. The molecule has 0 bridgehead atoms. The summed E-state index contributed by atoms with van der Waals surface area (Å²) in [4.78, 5) is 14.5. The number of nitrogens with zero attached hydrogens (tertiary/aromatic N) is 2. The first kappa shape index (κ1) is 17.6. The molecule has 1 amide bonds. The van der Waals surface area contributed by atoms with Gasteiger partial charge in [0.1, 0.15) is 17.4 Å². The summed E-state index contributed by atoms with van der Waals surface area (Å²) < 4.78 is 11.1. The maximum Gasteiger partial charge on any atom is 0.262 e. The summed E-state index contributed by atoms with van der Waals surface area (Å²) in [6.45, 7) is 5.07. The Hall–Kier alpha value is -2.26. The maximum absolute atomic E-state index is 12.4. The lowest BCUT2D eigenvalue weighted by molar-refractivity contribution is -0.118. The Balaban J connectivity index is 1.66. The topological polar surface area (TPSA) is 78.5 Å². The van der Waals surface area contributed by atoms with Crippen LogP contribution < -0.4 is 10.2 Å². The number of nitrogens with one attached hydrogen (secondary N) is 1. The Labute approximate surface area is 148 Å². The van der Waals surface area contributed by atoms with Crippen LogP contribution in [0.15, 0.2) is 22.1 Å². The second-order valence-electron chi connectivity index (χ2n) is 6.79. The van der Waals surface area contributed by atoms with E-state index in [1.165, 1.54) is 12.5 Å². The quantitative estimate of drug-likeness (QED) is 0.672. The van der Waals surface area contributed by atoms with Crippen molar-refractivity contribution in [3.8, 4) is 6.07 Å². The Kier molecular flexibility index (Phi) is 5.77. The predicted molar refractivity (Wildman–Crippen MR) is 94.9 cm³/mol. The van der Waals surface area contributed by atoms with Gasteiger partial charge in [0.2, 0.25) is 0 Å². The fourth-order valence-electron chi connectivity index (χ4n) is 3.44. The third-order valence-corrected chi connectivity index (χ3v) is 5.01. The highest BCUT2D eigenvalue weighted by molar-refractivity contribution is 6.01. The Morgan fingerprint density at radius 2 is 2.08 bits per heavy atom. The second kappa shape index (κ2) is 8.21. The molecule has 2 heterocycles. The highest BCUT2D eigenvalue weighted by atomic mass is 16.5. The smallest absolute Gasteiger partial charge is 0.262 e. The molecule has 3 rings (SSSR count). The van der Waals surface area contributed by atoms with Crippen LogP contribution in [0.3, 0.4) is 0 Å². The first-order valence-electron chi connectivity index (χ1n) is 9.02. The fourth-order valence-corrected chi connectivity index (χ4v) is 3.44. The van der Waals surface area contributed by atoms with Crippen LogP contribution in [-0.4, -0.2) is 38.3 Å². The van der Waals surface area contributed by atoms with Crippen molar-refractivity contribution in [2.24, 2.45) is 5.92 Å². The van der Waals surface area contributed by atoms with Crippen molar-refractivity contribution < 1.29 is 13.9 Å². The van der Waals surface area contributed by atoms with Crippen LogP contribution in [0.5, 0.6) is 0 Å². The second-order valence-corrected chi connectivity index (χ2v) is 6.79. The molecule has 2 atom stereocenters. The molecule has 2 fully saturated rings. The Morgan fingerprint density at radius 3 is 2.80 bits per heavy atom. The number of morpholine rings is 1. The maximum atomic E-state index is 12.4. The molecular weight excluding hydrogens is 318 g/mol. The van der Waals surface area contributed by atoms with E-state index in [1.54, 1.807) is 6.07 Å². The number of hydrogen-bond acceptors (Lipinski definition) is 5. The van der Waals surface area contributed by atoms with E-state index in [-0.39, 0.29) is 17.5 Å². The van der Waals surface area contributed by atoms with Gasteiger partial charge in [0, 0.05) is 31.3 Å². The molecule has 1 saturated carbocycles. The average Bonchev–Trinajstić information content (AvgIpc) is 3.11. The summed E-state index contributed by atoms with van der Waals surface area (Å²) in [5, 5.41) is 12.4. The SMILES string of the molecule is C[C@H]1CCCC[C@@H]1NC(=O)/C(C#N)=C/c1ccc(N2CCOCC2)o1. The molecule has 0 aromatic carbocycles. The first-order chi connectivity index (χ1) is 12.2. The van der Waals surface area contributed by atoms with Crippen LogP contribution in [0.25, 0.3) is 6.08 Å². The monoisotopic (exact) mass is 343 g/mol. The van der Waals surface area contributed by atoms with Crippen LogP contribution in [0.2, 0.25) is 0 Å². The van der Waals surface area contributed by atoms with Crippen molar-refractivity contribution in [2.45, 2.75) is 38.6 Å². The van der Waals surface area contributed by atoms with Gasteiger partial charge in [-0.15, -0.1) is 0 Å². The van der Waals surface area contributed by atoms with E-state index in [1.807, 2.05) is 12.1 Å². The zero-order valence-corrected chi connectivity index (χ0v) is 14.7. The lowest BCUT2D eigenvalue weighted by atomic mass is 9.86. The van der Waals surface area contributed by atoms with Gasteiger partial charge in [0.25, 0.3) is 5.91 Å². The van der Waals surface area contributed by atoms with E-state index in [2.05, 4.69) is 17.1 Å². The van der Waals surface area contributed by atoms with Gasteiger partial charge in [-0.3, -0.25) is 4.79 Å². The molecule has 6 heteroatoms. The number of ether oxygens (including phenoxy) is 1. The average molecular weight is 343 g/mol. The number of anilines is 1. The highest BCUT2D eigenvalue weighted by Crippen LogP contribution is 2.24. The number of nitriles is 1. The molecule has 1 saturated heterocycles. The van der Waals surface area contributed by atoms with Gasteiger partial charge < -0.3 is 19.4 Å². The molecule has 134 valence electrons. The van der Waals surface area contributed by atoms with Gasteiger partial charge in [0.05, 0.1) is 13.2 Å². The summed E-state index contributed by atoms with van der Waals surface area (Å²) in [6, 6.07) is 5.81. The largest absolute Gasteiger partial charge is 0.441 e. The Morgan fingerprint density at radius 1 is 1.32 bits per heavy atom. The van der Waals surface area contributed by atoms with E-state index < -0.39 is 0 Å². The van der Waals surface area contributed by atoms with Crippen LogP contribution >= 0.6 is 0 Å². The van der Waals surface area contributed by atoms with Gasteiger partial charge >= 0.3 is 0 Å². The van der Waals surface area contributed by atoms with Crippen molar-refractivity contribution in [1.29, 1.82) is 5.26 Å². The molecule has 1 N–H and O–H groups in total. The van der Waals surface area contributed by atoms with Gasteiger partial charge in [-0.1, -0.05) is 19.8 Å². The van der Waals surface area contributed by atoms with Crippen molar-refractivity contribution >= 4 is 17.9 Å². The van der Waals surface area contributed by atoms with Crippen molar-refractivity contribution in [3.05, 3.63) is 23.5 Å². The number of carbonyl (C=O) groups excluding carboxylic acids is 1. The molecular formula is C19H25N3O3. The third-order valence-electron chi connectivity index (χ3n) is 5.01. The highest BCUT2D eigenvalue weighted by Gasteiger charge is 2.24. The van der Waals surface area contributed by atoms with Gasteiger partial charge in [-0.05, 0) is 24.8 Å². The van der Waals surface area contributed by atoms with E-state index in [0.29, 0.717) is 24.9 Å². The zero-order valence-electron chi connectivity index (χ0n) is 14.7. The molecule has 1 aliphatic carbocycles. The van der Waals surface area contributed by atoms with Crippen molar-refractivity contribution in [1.82, 2.24) is 5.32 Å². The third kappa shape index (κ3) is 4.43. The van der Waals surface area contributed by atoms with Gasteiger partial charge in [-0.25, -0.2) is 0 Å². The van der Waals surface area contributed by atoms with Gasteiger partial charge in [-0.2, -0.15) is 5.26 Å². The molecule has 1 aromatic rings. The molecule has 0 unspecified atom stereocenters. The molecule has 1 aromatic heterocycles. The minimum atomic E-state index is -0.314. The van der Waals surface area contributed by atoms with E-state index >= 15 is 0 Å². The number of hydrogen-bond donors (Lipinski definition) is 1. The van der Waals surface area contributed by atoms with E-state index in [4.69, 9.17) is 9.15 Å². The zero-order chi connectivity index (χ0) is 17.6. The number of carbonyl (C=O) groups is 1. The van der Waals surface area contributed by atoms with Crippen LogP contribution in [0.1, 0.15) is 38.4 Å². The number of furan rings is 1. The van der Waals surface area contributed by atoms with E-state index in [0.717, 1.165) is 38.2 Å². The van der Waals surface area contributed by atoms with E-state index in [9.17, 15) is 10.1 Å².